The van der Waals surface area contributed by atoms with Gasteiger partial charge >= 0.3 is 0 Å². The van der Waals surface area contributed by atoms with E-state index in [1.807, 2.05) is 37.3 Å². The molecule has 3 aliphatic rings. The number of rotatable bonds is 8. The van der Waals surface area contributed by atoms with Crippen LogP contribution in [0, 0.1) is 0 Å². The largest absolute Gasteiger partial charge is 0.377 e. The lowest BCUT2D eigenvalue weighted by atomic mass is 10.0. The predicted molar refractivity (Wildman–Crippen MR) is 161 cm³/mol. The average Bonchev–Trinajstić information content (AvgIpc) is 3.31. The third-order valence-electron chi connectivity index (χ3n) is 8.16. The Labute approximate surface area is 250 Å². The number of carbonyl (C=O) groups is 2. The fourth-order valence-electron chi connectivity index (χ4n) is 5.37. The summed E-state index contributed by atoms with van der Waals surface area (Å²) in [6.45, 7) is 9.05. The van der Waals surface area contributed by atoms with Crippen molar-refractivity contribution in [3.05, 3.63) is 64.4 Å². The van der Waals surface area contributed by atoms with E-state index in [-0.39, 0.29) is 23.9 Å². The van der Waals surface area contributed by atoms with Crippen LogP contribution in [0.1, 0.15) is 41.5 Å². The van der Waals surface area contributed by atoms with Crippen LogP contribution >= 0.6 is 11.6 Å². The lowest BCUT2D eigenvalue weighted by Crippen LogP contribution is -2.46. The van der Waals surface area contributed by atoms with Crippen molar-refractivity contribution < 1.29 is 14.3 Å². The molecule has 0 bridgehead atoms. The van der Waals surface area contributed by atoms with E-state index >= 15 is 0 Å². The molecule has 2 aromatic heterocycles. The summed E-state index contributed by atoms with van der Waals surface area (Å²) in [4.78, 5) is 46.7. The number of amides is 2. The third kappa shape index (κ3) is 5.77. The summed E-state index contributed by atoms with van der Waals surface area (Å²) in [6, 6.07) is 10.7. The van der Waals surface area contributed by atoms with E-state index in [4.69, 9.17) is 21.3 Å². The van der Waals surface area contributed by atoms with Gasteiger partial charge in [0.2, 0.25) is 11.9 Å². The summed E-state index contributed by atoms with van der Waals surface area (Å²) in [5, 5.41) is 6.68. The number of pyridine rings is 1. The van der Waals surface area contributed by atoms with Crippen molar-refractivity contribution >= 4 is 35.2 Å². The van der Waals surface area contributed by atoms with E-state index in [0.29, 0.717) is 47.6 Å². The fourth-order valence-corrected chi connectivity index (χ4v) is 5.57. The molecule has 11 nitrogen and oxygen atoms in total. The highest BCUT2D eigenvalue weighted by molar-refractivity contribution is 6.33. The number of carbonyl (C=O) groups excluding carboxylic acids is 2. The first-order valence-electron chi connectivity index (χ1n) is 14.3. The minimum absolute atomic E-state index is 0.168. The highest BCUT2D eigenvalue weighted by Crippen LogP contribution is 2.32. The van der Waals surface area contributed by atoms with Gasteiger partial charge in [-0.25, -0.2) is 15.0 Å². The van der Waals surface area contributed by atoms with Gasteiger partial charge in [-0.05, 0) is 44.7 Å². The number of nitrogens with zero attached hydrogens (tertiary/aromatic N) is 6. The first-order chi connectivity index (χ1) is 20.3. The number of piperazine rings is 1. The second kappa shape index (κ2) is 11.8. The van der Waals surface area contributed by atoms with Crippen LogP contribution in [0.5, 0.6) is 0 Å². The molecule has 2 saturated heterocycles. The Morgan fingerprint density at radius 1 is 1.10 bits per heavy atom. The second-order valence-electron chi connectivity index (χ2n) is 11.2. The Morgan fingerprint density at radius 2 is 1.88 bits per heavy atom. The number of aromatic nitrogens is 3. The molecule has 1 aromatic carbocycles. The number of likely N-dealkylation sites (N-methyl/N-ethyl adjacent to an activating group) is 1. The number of anilines is 2. The van der Waals surface area contributed by atoms with Crippen molar-refractivity contribution in [3.8, 4) is 11.3 Å². The molecule has 3 aliphatic heterocycles. The highest BCUT2D eigenvalue weighted by atomic mass is 35.5. The van der Waals surface area contributed by atoms with Gasteiger partial charge in [-0.1, -0.05) is 29.8 Å². The number of halogens is 1. The molecule has 2 unspecified atom stereocenters. The van der Waals surface area contributed by atoms with Gasteiger partial charge in [0.1, 0.15) is 11.9 Å². The number of nitrogens with one attached hydrogen (secondary N) is 2. The normalized spacial score (nSPS) is 18.8. The number of fused-ring (bicyclic) bond motifs is 1. The molecule has 42 heavy (non-hydrogen) atoms. The van der Waals surface area contributed by atoms with Gasteiger partial charge in [-0.2, -0.15) is 0 Å². The topological polar surface area (TPSA) is 116 Å². The molecule has 0 saturated carbocycles. The van der Waals surface area contributed by atoms with E-state index < -0.39 is 6.04 Å². The van der Waals surface area contributed by atoms with E-state index in [0.717, 1.165) is 43.3 Å². The van der Waals surface area contributed by atoms with E-state index in [9.17, 15) is 9.59 Å². The van der Waals surface area contributed by atoms with Crippen LogP contribution in [-0.4, -0.2) is 95.1 Å². The molecule has 2 atom stereocenters. The maximum atomic E-state index is 13.5. The first kappa shape index (κ1) is 28.3. The maximum absolute atomic E-state index is 13.5. The van der Waals surface area contributed by atoms with Crippen molar-refractivity contribution in [2.45, 2.75) is 38.5 Å². The van der Waals surface area contributed by atoms with Crippen molar-refractivity contribution in [1.82, 2.24) is 30.1 Å². The van der Waals surface area contributed by atoms with Crippen molar-refractivity contribution in [2.24, 2.45) is 0 Å². The molecule has 220 valence electrons. The van der Waals surface area contributed by atoms with Crippen LogP contribution in [0.4, 0.5) is 11.8 Å². The Kier molecular flexibility index (Phi) is 7.98. The molecule has 3 aromatic rings. The van der Waals surface area contributed by atoms with Gasteiger partial charge in [0, 0.05) is 43.9 Å². The Hall–Kier alpha value is -3.80. The minimum atomic E-state index is -0.667. The second-order valence-corrected chi connectivity index (χ2v) is 11.6. The van der Waals surface area contributed by atoms with Crippen LogP contribution in [-0.2, 0) is 16.1 Å². The van der Waals surface area contributed by atoms with Crippen LogP contribution in [0.25, 0.3) is 11.3 Å². The average molecular weight is 591 g/mol. The molecule has 2 N–H and O–H groups in total. The predicted octanol–water partition coefficient (Wildman–Crippen LogP) is 2.98. The third-order valence-corrected chi connectivity index (χ3v) is 8.44. The van der Waals surface area contributed by atoms with Crippen molar-refractivity contribution in [1.29, 1.82) is 0 Å². The Balaban J connectivity index is 1.12. The molecule has 2 fully saturated rings. The van der Waals surface area contributed by atoms with Crippen LogP contribution in [0.15, 0.2) is 42.6 Å². The quantitative estimate of drug-likeness (QED) is 0.408. The Morgan fingerprint density at radius 3 is 2.62 bits per heavy atom. The summed E-state index contributed by atoms with van der Waals surface area (Å²) in [5.74, 6) is 0.941. The van der Waals surface area contributed by atoms with Gasteiger partial charge < -0.3 is 30.1 Å². The monoisotopic (exact) mass is 590 g/mol. The van der Waals surface area contributed by atoms with E-state index in [1.54, 1.807) is 24.1 Å². The first-order valence-corrected chi connectivity index (χ1v) is 14.7. The van der Waals surface area contributed by atoms with Crippen molar-refractivity contribution in [2.75, 3.05) is 56.7 Å². The lowest BCUT2D eigenvalue weighted by molar-refractivity contribution is -0.125. The van der Waals surface area contributed by atoms with Crippen LogP contribution in [0.2, 0.25) is 5.02 Å². The molecule has 12 heteroatoms. The highest BCUT2D eigenvalue weighted by Gasteiger charge is 2.35. The molecule has 0 aliphatic carbocycles. The number of benzene rings is 1. The maximum Gasteiger partial charge on any atom is 0.255 e. The van der Waals surface area contributed by atoms with Gasteiger partial charge in [-0.15, -0.1) is 0 Å². The molecular formula is C30H35ClN8O3. The fraction of sp³-hybridized carbons (Fsp3) is 0.433. The zero-order chi connectivity index (χ0) is 29.4. The standard InChI is InChI=1S/C30H35ClN8O3/c1-18(25-5-4-6-26(35-25)38-11-9-37(3)10-12-38)33-28(40)19(2)39-15-21-8-7-20(13-23(21)29(39)41)27-24(31)14-32-30(36-27)34-22-16-42-17-22/h4-8,13-14,18-19,22H,9-12,15-17H2,1-3H3,(H,33,40)(H,32,34,36). The van der Waals surface area contributed by atoms with Gasteiger partial charge in [0.15, 0.2) is 0 Å². The van der Waals surface area contributed by atoms with Crippen molar-refractivity contribution in [3.63, 3.8) is 0 Å². The van der Waals surface area contributed by atoms with Crippen LogP contribution < -0.4 is 15.5 Å². The zero-order valence-electron chi connectivity index (χ0n) is 24.0. The summed E-state index contributed by atoms with van der Waals surface area (Å²) in [5.41, 5.74) is 3.43. The summed E-state index contributed by atoms with van der Waals surface area (Å²) >= 11 is 6.45. The SMILES string of the molecule is CC(NC(=O)C(C)N1Cc2ccc(-c3nc(NC4COC4)ncc3Cl)cc2C1=O)c1cccc(N2CCN(C)CC2)n1. The summed E-state index contributed by atoms with van der Waals surface area (Å²) in [6.07, 6.45) is 1.55. The molecule has 2 amide bonds. The van der Waals surface area contributed by atoms with E-state index in [2.05, 4.69) is 37.4 Å². The molecule has 0 spiro atoms. The lowest BCUT2D eigenvalue weighted by Gasteiger charge is -2.33. The Bertz CT molecular complexity index is 1490. The van der Waals surface area contributed by atoms with Gasteiger partial charge in [0.25, 0.3) is 5.91 Å². The number of hydrogen-bond donors (Lipinski definition) is 2. The molecule has 6 rings (SSSR count). The number of hydrogen-bond acceptors (Lipinski definition) is 9. The van der Waals surface area contributed by atoms with Gasteiger partial charge in [0.05, 0.1) is 47.9 Å². The minimum Gasteiger partial charge on any atom is -0.377 e. The van der Waals surface area contributed by atoms with Crippen LogP contribution in [0.3, 0.4) is 0 Å². The molecule has 5 heterocycles. The van der Waals surface area contributed by atoms with Gasteiger partial charge in [-0.3, -0.25) is 9.59 Å². The number of ether oxygens (including phenoxy) is 1. The zero-order valence-corrected chi connectivity index (χ0v) is 24.8. The van der Waals surface area contributed by atoms with E-state index in [1.165, 1.54) is 0 Å². The smallest absolute Gasteiger partial charge is 0.255 e. The summed E-state index contributed by atoms with van der Waals surface area (Å²) < 4.78 is 5.21. The molecule has 0 radical (unpaired) electrons. The molecular weight excluding hydrogens is 556 g/mol. The summed E-state index contributed by atoms with van der Waals surface area (Å²) in [7, 11) is 2.12.